The molecular weight excluding hydrogens is 298 g/mol. The summed E-state index contributed by atoms with van der Waals surface area (Å²) in [6, 6.07) is 24.5. The van der Waals surface area contributed by atoms with Crippen LogP contribution in [0.1, 0.15) is 18.5 Å². The predicted molar refractivity (Wildman–Crippen MR) is 98.3 cm³/mol. The van der Waals surface area contributed by atoms with E-state index in [9.17, 15) is 5.11 Å². The summed E-state index contributed by atoms with van der Waals surface area (Å²) in [4.78, 5) is 0. The van der Waals surface area contributed by atoms with Crippen molar-refractivity contribution in [1.82, 2.24) is 5.32 Å². The van der Waals surface area contributed by atoms with Gasteiger partial charge in [0.25, 0.3) is 0 Å². The molecule has 124 valence electrons. The van der Waals surface area contributed by atoms with Crippen LogP contribution in [0.5, 0.6) is 5.75 Å². The summed E-state index contributed by atoms with van der Waals surface area (Å²) in [6.07, 6.45) is -0.553. The van der Waals surface area contributed by atoms with Gasteiger partial charge >= 0.3 is 0 Å². The highest BCUT2D eigenvalue weighted by Crippen LogP contribution is 2.20. The maximum atomic E-state index is 10.1. The van der Waals surface area contributed by atoms with E-state index in [-0.39, 0.29) is 12.6 Å². The normalized spacial score (nSPS) is 13.6. The van der Waals surface area contributed by atoms with Crippen LogP contribution in [0.15, 0.2) is 72.8 Å². The van der Waals surface area contributed by atoms with Gasteiger partial charge in [-0.3, -0.25) is 0 Å². The highest BCUT2D eigenvalue weighted by Gasteiger charge is 2.09. The molecule has 3 aromatic carbocycles. The second kappa shape index (κ2) is 7.95. The second-order valence-electron chi connectivity index (χ2n) is 6.01. The summed E-state index contributed by atoms with van der Waals surface area (Å²) in [6.45, 7) is 2.85. The minimum atomic E-state index is -0.553. The van der Waals surface area contributed by atoms with Crippen molar-refractivity contribution in [3.8, 4) is 5.75 Å². The summed E-state index contributed by atoms with van der Waals surface area (Å²) >= 11 is 0. The lowest BCUT2D eigenvalue weighted by Gasteiger charge is -2.18. The van der Waals surface area contributed by atoms with Crippen LogP contribution in [0.25, 0.3) is 10.8 Å². The van der Waals surface area contributed by atoms with E-state index in [1.165, 1.54) is 10.9 Å². The van der Waals surface area contributed by atoms with Gasteiger partial charge in [-0.25, -0.2) is 0 Å². The number of rotatable bonds is 7. The van der Waals surface area contributed by atoms with Crippen LogP contribution in [0, 0.1) is 0 Å². The molecule has 0 aliphatic heterocycles. The van der Waals surface area contributed by atoms with E-state index in [0.29, 0.717) is 6.54 Å². The summed E-state index contributed by atoms with van der Waals surface area (Å²) in [5.41, 5.74) is 1.21. The number of hydrogen-bond acceptors (Lipinski definition) is 3. The molecule has 0 aliphatic rings. The van der Waals surface area contributed by atoms with E-state index in [4.69, 9.17) is 4.74 Å². The number of aliphatic hydroxyl groups excluding tert-OH is 1. The first-order chi connectivity index (χ1) is 11.7. The van der Waals surface area contributed by atoms with Crippen molar-refractivity contribution in [1.29, 1.82) is 0 Å². The standard InChI is InChI=1S/C21H23NO2/c1-16(17-7-3-2-4-8-17)22-14-20(23)15-24-21-12-11-18-9-5-6-10-19(18)13-21/h2-13,16,20,22-23H,14-15H2,1H3/t16-,20+/m0/s1. The monoisotopic (exact) mass is 321 g/mol. The van der Waals surface area contributed by atoms with E-state index < -0.39 is 6.10 Å². The van der Waals surface area contributed by atoms with Crippen LogP contribution in [-0.4, -0.2) is 24.4 Å². The zero-order valence-electron chi connectivity index (χ0n) is 13.9. The van der Waals surface area contributed by atoms with Crippen molar-refractivity contribution in [2.45, 2.75) is 19.1 Å². The Kier molecular flexibility index (Phi) is 5.47. The summed E-state index contributed by atoms with van der Waals surface area (Å²) in [7, 11) is 0. The maximum absolute atomic E-state index is 10.1. The van der Waals surface area contributed by atoms with Crippen molar-refractivity contribution in [2.24, 2.45) is 0 Å². The molecule has 0 aliphatic carbocycles. The highest BCUT2D eigenvalue weighted by atomic mass is 16.5. The van der Waals surface area contributed by atoms with Gasteiger partial charge in [0.1, 0.15) is 18.5 Å². The molecule has 3 heteroatoms. The third-order valence-electron chi connectivity index (χ3n) is 4.12. The first-order valence-electron chi connectivity index (χ1n) is 8.30. The average Bonchev–Trinajstić information content (AvgIpc) is 2.65. The molecule has 0 aromatic heterocycles. The fourth-order valence-electron chi connectivity index (χ4n) is 2.68. The lowest BCUT2D eigenvalue weighted by atomic mass is 10.1. The maximum Gasteiger partial charge on any atom is 0.120 e. The first-order valence-corrected chi connectivity index (χ1v) is 8.30. The lowest BCUT2D eigenvalue weighted by Crippen LogP contribution is -2.33. The van der Waals surface area contributed by atoms with E-state index >= 15 is 0 Å². The van der Waals surface area contributed by atoms with Gasteiger partial charge in [-0.1, -0.05) is 60.7 Å². The van der Waals surface area contributed by atoms with E-state index in [1.807, 2.05) is 48.5 Å². The molecule has 2 atom stereocenters. The van der Waals surface area contributed by atoms with Gasteiger partial charge in [-0.05, 0) is 35.4 Å². The molecule has 0 bridgehead atoms. The van der Waals surface area contributed by atoms with Crippen LogP contribution in [0.3, 0.4) is 0 Å². The average molecular weight is 321 g/mol. The van der Waals surface area contributed by atoms with Gasteiger partial charge in [-0.2, -0.15) is 0 Å². The molecule has 0 radical (unpaired) electrons. The number of hydrogen-bond donors (Lipinski definition) is 2. The Morgan fingerprint density at radius 1 is 0.917 bits per heavy atom. The molecule has 2 N–H and O–H groups in total. The number of nitrogens with one attached hydrogen (secondary N) is 1. The number of fused-ring (bicyclic) bond motifs is 1. The number of ether oxygens (including phenoxy) is 1. The smallest absolute Gasteiger partial charge is 0.120 e. The molecule has 0 saturated carbocycles. The molecular formula is C21H23NO2. The SMILES string of the molecule is C[C@H](NC[C@@H](O)COc1ccc2ccccc2c1)c1ccccc1. The molecule has 0 unspecified atom stereocenters. The Bertz CT molecular complexity index is 773. The molecule has 0 fully saturated rings. The molecule has 0 amide bonds. The minimum Gasteiger partial charge on any atom is -0.491 e. The Morgan fingerprint density at radius 3 is 2.42 bits per heavy atom. The van der Waals surface area contributed by atoms with E-state index in [2.05, 4.69) is 36.5 Å². The van der Waals surface area contributed by atoms with Crippen LogP contribution in [-0.2, 0) is 0 Å². The van der Waals surface area contributed by atoms with Crippen molar-refractivity contribution in [3.05, 3.63) is 78.4 Å². The largest absolute Gasteiger partial charge is 0.491 e. The molecule has 24 heavy (non-hydrogen) atoms. The molecule has 3 aromatic rings. The van der Waals surface area contributed by atoms with Gasteiger partial charge in [0.15, 0.2) is 0 Å². The predicted octanol–water partition coefficient (Wildman–Crippen LogP) is 3.93. The quantitative estimate of drug-likeness (QED) is 0.693. The van der Waals surface area contributed by atoms with Crippen molar-refractivity contribution >= 4 is 10.8 Å². The minimum absolute atomic E-state index is 0.196. The Balaban J connectivity index is 1.48. The topological polar surface area (TPSA) is 41.5 Å². The van der Waals surface area contributed by atoms with Crippen LogP contribution >= 0.6 is 0 Å². The third-order valence-corrected chi connectivity index (χ3v) is 4.12. The van der Waals surface area contributed by atoms with Gasteiger partial charge in [0, 0.05) is 12.6 Å². The summed E-state index contributed by atoms with van der Waals surface area (Å²) in [5.74, 6) is 0.781. The van der Waals surface area contributed by atoms with Crippen LogP contribution in [0.2, 0.25) is 0 Å². The van der Waals surface area contributed by atoms with Gasteiger partial charge in [-0.15, -0.1) is 0 Å². The van der Waals surface area contributed by atoms with E-state index in [1.54, 1.807) is 0 Å². The zero-order chi connectivity index (χ0) is 16.8. The number of aliphatic hydroxyl groups is 1. The van der Waals surface area contributed by atoms with Gasteiger partial charge < -0.3 is 15.2 Å². The molecule has 0 saturated heterocycles. The Morgan fingerprint density at radius 2 is 1.62 bits per heavy atom. The molecule has 0 heterocycles. The summed E-state index contributed by atoms with van der Waals surface area (Å²) < 4.78 is 5.72. The number of benzene rings is 3. The van der Waals surface area contributed by atoms with Gasteiger partial charge in [0.2, 0.25) is 0 Å². The zero-order valence-corrected chi connectivity index (χ0v) is 13.9. The first kappa shape index (κ1) is 16.5. The molecule has 3 rings (SSSR count). The van der Waals surface area contributed by atoms with Crippen LogP contribution < -0.4 is 10.1 Å². The van der Waals surface area contributed by atoms with Gasteiger partial charge in [0.05, 0.1) is 0 Å². The van der Waals surface area contributed by atoms with Crippen molar-refractivity contribution < 1.29 is 9.84 Å². The van der Waals surface area contributed by atoms with Crippen LogP contribution in [0.4, 0.5) is 0 Å². The summed E-state index contributed by atoms with van der Waals surface area (Å²) in [5, 5.41) is 15.8. The fraction of sp³-hybridized carbons (Fsp3) is 0.238. The second-order valence-corrected chi connectivity index (χ2v) is 6.01. The van der Waals surface area contributed by atoms with E-state index in [0.717, 1.165) is 11.1 Å². The Labute approximate surface area is 142 Å². The third kappa shape index (κ3) is 4.34. The fourth-order valence-corrected chi connectivity index (χ4v) is 2.68. The van der Waals surface area contributed by atoms with Crippen molar-refractivity contribution in [2.75, 3.05) is 13.2 Å². The molecule has 3 nitrogen and oxygen atoms in total. The Hall–Kier alpha value is -2.36. The lowest BCUT2D eigenvalue weighted by molar-refractivity contribution is 0.104. The molecule has 0 spiro atoms. The highest BCUT2D eigenvalue weighted by molar-refractivity contribution is 5.83. The van der Waals surface area contributed by atoms with Crippen molar-refractivity contribution in [3.63, 3.8) is 0 Å².